The lowest BCUT2D eigenvalue weighted by atomic mass is 9.93. The zero-order valence-electron chi connectivity index (χ0n) is 13.1. The van der Waals surface area contributed by atoms with Crippen LogP contribution in [0, 0.1) is 39.9 Å². The van der Waals surface area contributed by atoms with E-state index in [9.17, 15) is 0 Å². The molecule has 0 unspecified atom stereocenters. The Kier molecular flexibility index (Phi) is 16.1. The Labute approximate surface area is 133 Å². The van der Waals surface area contributed by atoms with Crippen LogP contribution in [0.25, 0.3) is 0 Å². The maximum atomic E-state index is 8.40. The summed E-state index contributed by atoms with van der Waals surface area (Å²) in [5, 5.41) is 25.2. The van der Waals surface area contributed by atoms with Gasteiger partial charge in [0.25, 0.3) is 0 Å². The van der Waals surface area contributed by atoms with Gasteiger partial charge < -0.3 is 14.2 Å². The molecule has 0 N–H and O–H groups in total. The van der Waals surface area contributed by atoms with E-state index in [1.54, 1.807) is 0 Å². The fraction of sp³-hybridized carbons (Fsp3) is 0.812. The highest BCUT2D eigenvalue weighted by atomic mass is 16.5. The predicted octanol–water partition coefficient (Wildman–Crippen LogP) is 2.56. The molecular formula is C16H25N3O3. The lowest BCUT2D eigenvalue weighted by molar-refractivity contribution is 0.136. The molecule has 122 valence electrons. The van der Waals surface area contributed by atoms with E-state index < -0.39 is 0 Å². The Balaban J connectivity index is 3.80. The maximum Gasteiger partial charge on any atom is 0.133 e. The summed E-state index contributed by atoms with van der Waals surface area (Å²) < 4.78 is 15.5. The zero-order chi connectivity index (χ0) is 16.3. The molecular weight excluding hydrogens is 282 g/mol. The van der Waals surface area contributed by atoms with Crippen molar-refractivity contribution in [2.75, 3.05) is 39.6 Å². The molecule has 0 atom stereocenters. The van der Waals surface area contributed by atoms with Gasteiger partial charge in [0.1, 0.15) is 19.8 Å². The van der Waals surface area contributed by atoms with Crippen molar-refractivity contribution in [3.63, 3.8) is 0 Å². The van der Waals surface area contributed by atoms with Crippen LogP contribution in [0.4, 0.5) is 0 Å². The van der Waals surface area contributed by atoms with E-state index in [0.29, 0.717) is 25.7 Å². The van der Waals surface area contributed by atoms with Crippen molar-refractivity contribution in [1.82, 2.24) is 0 Å². The molecule has 0 amide bonds. The summed E-state index contributed by atoms with van der Waals surface area (Å²) >= 11 is 0. The van der Waals surface area contributed by atoms with E-state index >= 15 is 0 Å². The van der Waals surface area contributed by atoms with Crippen LogP contribution in [0.5, 0.6) is 0 Å². The van der Waals surface area contributed by atoms with Crippen molar-refractivity contribution in [3.8, 4) is 18.2 Å². The van der Waals surface area contributed by atoms with Crippen LogP contribution >= 0.6 is 0 Å². The number of rotatable bonds is 15. The summed E-state index contributed by atoms with van der Waals surface area (Å²) in [6.07, 6.45) is 5.94. The van der Waals surface area contributed by atoms with Crippen molar-refractivity contribution in [2.45, 2.75) is 38.5 Å². The third-order valence-electron chi connectivity index (χ3n) is 3.20. The lowest BCUT2D eigenvalue weighted by Crippen LogP contribution is -2.07. The van der Waals surface area contributed by atoms with Crippen LogP contribution in [-0.2, 0) is 14.2 Å². The molecule has 0 fully saturated rings. The highest BCUT2D eigenvalue weighted by Crippen LogP contribution is 2.19. The van der Waals surface area contributed by atoms with Gasteiger partial charge in [-0.15, -0.1) is 0 Å². The molecule has 6 nitrogen and oxygen atoms in total. The summed E-state index contributed by atoms with van der Waals surface area (Å²) in [4.78, 5) is 0. The van der Waals surface area contributed by atoms with Crippen molar-refractivity contribution < 1.29 is 14.2 Å². The number of nitriles is 3. The summed E-state index contributed by atoms with van der Waals surface area (Å²) in [6, 6.07) is 5.87. The van der Waals surface area contributed by atoms with Crippen LogP contribution < -0.4 is 0 Å². The summed E-state index contributed by atoms with van der Waals surface area (Å²) in [7, 11) is 0. The Morgan fingerprint density at radius 2 is 0.909 bits per heavy atom. The molecule has 0 saturated carbocycles. The third kappa shape index (κ3) is 14.8. The molecule has 22 heavy (non-hydrogen) atoms. The van der Waals surface area contributed by atoms with Crippen LogP contribution in [0.15, 0.2) is 0 Å². The monoisotopic (exact) mass is 307 g/mol. The van der Waals surface area contributed by atoms with Gasteiger partial charge in [0, 0.05) is 19.8 Å². The number of ether oxygens (including phenoxy) is 3. The first-order valence-electron chi connectivity index (χ1n) is 7.69. The van der Waals surface area contributed by atoms with Gasteiger partial charge in [-0.25, -0.2) is 0 Å². The molecule has 0 bridgehead atoms. The first-order valence-corrected chi connectivity index (χ1v) is 7.69. The van der Waals surface area contributed by atoms with Crippen molar-refractivity contribution in [2.24, 2.45) is 5.92 Å². The highest BCUT2D eigenvalue weighted by Gasteiger charge is 2.09. The van der Waals surface area contributed by atoms with E-state index in [-0.39, 0.29) is 19.8 Å². The molecule has 6 heteroatoms. The summed E-state index contributed by atoms with van der Waals surface area (Å²) in [5.41, 5.74) is 0. The second-order valence-electron chi connectivity index (χ2n) is 4.92. The minimum absolute atomic E-state index is 0.147. The molecule has 0 radical (unpaired) electrons. The molecule has 0 aliphatic carbocycles. The fourth-order valence-electron chi connectivity index (χ4n) is 2.21. The largest absolute Gasteiger partial charge is 0.367 e. The van der Waals surface area contributed by atoms with Gasteiger partial charge in [0.05, 0.1) is 18.2 Å². The predicted molar refractivity (Wildman–Crippen MR) is 80.5 cm³/mol. The van der Waals surface area contributed by atoms with E-state index in [1.165, 1.54) is 0 Å². The molecule has 0 saturated heterocycles. The number of nitrogens with zero attached hydrogens (tertiary/aromatic N) is 3. The fourth-order valence-corrected chi connectivity index (χ4v) is 2.21. The van der Waals surface area contributed by atoms with Gasteiger partial charge in [0.15, 0.2) is 0 Å². The smallest absolute Gasteiger partial charge is 0.133 e. The first kappa shape index (κ1) is 20.3. The Morgan fingerprint density at radius 3 is 1.18 bits per heavy atom. The van der Waals surface area contributed by atoms with Crippen LogP contribution in [0.3, 0.4) is 0 Å². The van der Waals surface area contributed by atoms with Crippen molar-refractivity contribution >= 4 is 0 Å². The van der Waals surface area contributed by atoms with Crippen LogP contribution in [0.2, 0.25) is 0 Å². The maximum absolute atomic E-state index is 8.40. The molecule has 0 aromatic heterocycles. The lowest BCUT2D eigenvalue weighted by Gasteiger charge is -2.16. The second kappa shape index (κ2) is 17.4. The van der Waals surface area contributed by atoms with E-state index in [0.717, 1.165) is 38.5 Å². The quantitative estimate of drug-likeness (QED) is 0.431. The third-order valence-corrected chi connectivity index (χ3v) is 3.20. The molecule has 0 aliphatic heterocycles. The highest BCUT2D eigenvalue weighted by molar-refractivity contribution is 4.68. The average Bonchev–Trinajstić information content (AvgIpc) is 2.53. The minimum Gasteiger partial charge on any atom is -0.367 e. The topological polar surface area (TPSA) is 99.1 Å². The molecule has 0 spiro atoms. The molecule has 0 aromatic carbocycles. The normalized spacial score (nSPS) is 10.1. The van der Waals surface area contributed by atoms with Crippen LogP contribution in [0.1, 0.15) is 38.5 Å². The van der Waals surface area contributed by atoms with Crippen molar-refractivity contribution in [1.29, 1.82) is 15.8 Å². The standard InChI is InChI=1S/C16H25N3O3/c17-7-13-20-10-1-4-16(5-2-11-21-14-8-18)6-3-12-22-15-9-19/h16H,1-6,10-15H2. The van der Waals surface area contributed by atoms with E-state index in [2.05, 4.69) is 0 Å². The van der Waals surface area contributed by atoms with E-state index in [1.807, 2.05) is 18.2 Å². The van der Waals surface area contributed by atoms with Crippen molar-refractivity contribution in [3.05, 3.63) is 0 Å². The Morgan fingerprint density at radius 1 is 0.591 bits per heavy atom. The summed E-state index contributed by atoms with van der Waals surface area (Å²) in [5.74, 6) is 0.557. The van der Waals surface area contributed by atoms with Gasteiger partial charge >= 0.3 is 0 Å². The SMILES string of the molecule is N#CCOCCCC(CCCOCC#N)CCCOCC#N. The zero-order valence-corrected chi connectivity index (χ0v) is 13.1. The van der Waals surface area contributed by atoms with Gasteiger partial charge in [-0.2, -0.15) is 15.8 Å². The second-order valence-corrected chi connectivity index (χ2v) is 4.92. The number of hydrogen-bond donors (Lipinski definition) is 0. The molecule has 0 aliphatic rings. The molecule has 0 rings (SSSR count). The first-order chi connectivity index (χ1) is 10.8. The minimum atomic E-state index is 0.147. The van der Waals surface area contributed by atoms with Crippen LogP contribution in [-0.4, -0.2) is 39.6 Å². The van der Waals surface area contributed by atoms with Gasteiger partial charge in [-0.3, -0.25) is 0 Å². The number of hydrogen-bond acceptors (Lipinski definition) is 6. The molecule has 0 heterocycles. The van der Waals surface area contributed by atoms with E-state index in [4.69, 9.17) is 30.0 Å². The Bertz CT molecular complexity index is 311. The van der Waals surface area contributed by atoms with Gasteiger partial charge in [-0.05, 0) is 44.4 Å². The summed E-state index contributed by atoms with van der Waals surface area (Å²) in [6.45, 7) is 2.28. The molecule has 0 aromatic rings. The average molecular weight is 307 g/mol. The Hall–Kier alpha value is -1.65. The van der Waals surface area contributed by atoms with Gasteiger partial charge in [-0.1, -0.05) is 0 Å². The van der Waals surface area contributed by atoms with Gasteiger partial charge in [0.2, 0.25) is 0 Å².